The Morgan fingerprint density at radius 1 is 1.16 bits per heavy atom. The number of H-pyrrole nitrogens is 1. The van der Waals surface area contributed by atoms with Crippen molar-refractivity contribution in [2.24, 2.45) is 0 Å². The number of ether oxygens (including phenoxy) is 1. The van der Waals surface area contributed by atoms with Gasteiger partial charge in [0.15, 0.2) is 6.10 Å². The third-order valence-electron chi connectivity index (χ3n) is 3.66. The number of aromatic amines is 1. The van der Waals surface area contributed by atoms with Crippen LogP contribution in [0.2, 0.25) is 0 Å². The van der Waals surface area contributed by atoms with E-state index in [9.17, 15) is 9.59 Å². The molecule has 2 N–H and O–H groups in total. The number of para-hydroxylation sites is 1. The summed E-state index contributed by atoms with van der Waals surface area (Å²) < 4.78 is 5.21. The fraction of sp³-hybridized carbons (Fsp3) is 0.105. The SMILES string of the molecule is C[C@H](OC(=O)c1cc2ccccc2[nH]1)C(=O)Nc1cccc(C#N)c1. The van der Waals surface area contributed by atoms with Crippen molar-refractivity contribution < 1.29 is 14.3 Å². The van der Waals surface area contributed by atoms with Crippen LogP contribution in [0, 0.1) is 11.3 Å². The number of nitriles is 1. The maximum absolute atomic E-state index is 12.2. The molecule has 2 aromatic carbocycles. The molecule has 1 atom stereocenters. The minimum Gasteiger partial charge on any atom is -0.448 e. The molecule has 0 aliphatic rings. The third-order valence-corrected chi connectivity index (χ3v) is 3.66. The first-order chi connectivity index (χ1) is 12.1. The normalized spacial score (nSPS) is 11.5. The predicted octanol–water partition coefficient (Wildman–Crippen LogP) is 3.22. The number of esters is 1. The van der Waals surface area contributed by atoms with E-state index in [1.807, 2.05) is 30.3 Å². The highest BCUT2D eigenvalue weighted by molar-refractivity contribution is 5.98. The number of carbonyl (C=O) groups is 2. The Labute approximate surface area is 144 Å². The molecule has 1 aromatic heterocycles. The number of aromatic nitrogens is 1. The molecule has 124 valence electrons. The Hall–Kier alpha value is -3.59. The Kier molecular flexibility index (Phi) is 4.48. The van der Waals surface area contributed by atoms with E-state index in [1.54, 1.807) is 30.3 Å². The molecule has 6 heteroatoms. The molecule has 0 fully saturated rings. The zero-order valence-electron chi connectivity index (χ0n) is 13.4. The second-order valence-electron chi connectivity index (χ2n) is 5.50. The molecule has 0 unspecified atom stereocenters. The van der Waals surface area contributed by atoms with Gasteiger partial charge in [-0.3, -0.25) is 4.79 Å². The molecule has 1 amide bonds. The molecule has 1 heterocycles. The van der Waals surface area contributed by atoms with E-state index < -0.39 is 18.0 Å². The number of hydrogen-bond donors (Lipinski definition) is 2. The van der Waals surface area contributed by atoms with Gasteiger partial charge >= 0.3 is 5.97 Å². The van der Waals surface area contributed by atoms with Gasteiger partial charge in [0, 0.05) is 16.6 Å². The molecule has 0 spiro atoms. The summed E-state index contributed by atoms with van der Waals surface area (Å²) in [6.45, 7) is 1.49. The summed E-state index contributed by atoms with van der Waals surface area (Å²) in [7, 11) is 0. The maximum atomic E-state index is 12.2. The van der Waals surface area contributed by atoms with Gasteiger partial charge in [0.25, 0.3) is 5.91 Å². The number of anilines is 1. The van der Waals surface area contributed by atoms with Crippen LogP contribution >= 0.6 is 0 Å². The van der Waals surface area contributed by atoms with Gasteiger partial charge in [-0.2, -0.15) is 5.26 Å². The summed E-state index contributed by atoms with van der Waals surface area (Å²) in [6, 6.07) is 17.6. The zero-order chi connectivity index (χ0) is 17.8. The second-order valence-corrected chi connectivity index (χ2v) is 5.50. The molecule has 0 bridgehead atoms. The van der Waals surface area contributed by atoms with Gasteiger partial charge in [-0.15, -0.1) is 0 Å². The molecular weight excluding hydrogens is 318 g/mol. The first kappa shape index (κ1) is 16.3. The van der Waals surface area contributed by atoms with Crippen LogP contribution in [0.25, 0.3) is 10.9 Å². The fourth-order valence-electron chi connectivity index (χ4n) is 2.37. The minimum atomic E-state index is -0.982. The van der Waals surface area contributed by atoms with E-state index in [1.165, 1.54) is 6.92 Å². The van der Waals surface area contributed by atoms with Crippen LogP contribution in [0.4, 0.5) is 5.69 Å². The Bertz CT molecular complexity index is 952. The third kappa shape index (κ3) is 3.67. The summed E-state index contributed by atoms with van der Waals surface area (Å²) in [5.41, 5.74) is 2.00. The van der Waals surface area contributed by atoms with Gasteiger partial charge in [0.1, 0.15) is 5.69 Å². The van der Waals surface area contributed by atoms with Gasteiger partial charge < -0.3 is 15.0 Å². The summed E-state index contributed by atoms with van der Waals surface area (Å²) in [6.07, 6.45) is -0.982. The monoisotopic (exact) mass is 333 g/mol. The molecule has 6 nitrogen and oxygen atoms in total. The molecule has 25 heavy (non-hydrogen) atoms. The summed E-state index contributed by atoms with van der Waals surface area (Å²) >= 11 is 0. The number of amides is 1. The first-order valence-electron chi connectivity index (χ1n) is 7.66. The van der Waals surface area contributed by atoms with Gasteiger partial charge in [-0.1, -0.05) is 24.3 Å². The highest BCUT2D eigenvalue weighted by atomic mass is 16.5. The van der Waals surface area contributed by atoms with E-state index in [0.717, 1.165) is 10.9 Å². The predicted molar refractivity (Wildman–Crippen MR) is 93.0 cm³/mol. The van der Waals surface area contributed by atoms with Crippen molar-refractivity contribution in [2.75, 3.05) is 5.32 Å². The molecular formula is C19H15N3O3. The average Bonchev–Trinajstić information content (AvgIpc) is 3.06. The van der Waals surface area contributed by atoms with Crippen LogP contribution in [0.3, 0.4) is 0 Å². The van der Waals surface area contributed by atoms with Crippen LogP contribution in [0.5, 0.6) is 0 Å². The van der Waals surface area contributed by atoms with Crippen LogP contribution < -0.4 is 5.32 Å². The Morgan fingerprint density at radius 2 is 1.96 bits per heavy atom. The Balaban J connectivity index is 1.66. The highest BCUT2D eigenvalue weighted by Gasteiger charge is 2.20. The quantitative estimate of drug-likeness (QED) is 0.717. The lowest BCUT2D eigenvalue weighted by atomic mass is 10.2. The number of hydrogen-bond acceptors (Lipinski definition) is 4. The van der Waals surface area contributed by atoms with Gasteiger partial charge in [0.2, 0.25) is 0 Å². The van der Waals surface area contributed by atoms with Crippen molar-refractivity contribution in [3.63, 3.8) is 0 Å². The maximum Gasteiger partial charge on any atom is 0.355 e. The lowest BCUT2D eigenvalue weighted by molar-refractivity contribution is -0.123. The molecule has 0 saturated carbocycles. The summed E-state index contributed by atoms with van der Waals surface area (Å²) in [4.78, 5) is 27.3. The Morgan fingerprint density at radius 3 is 2.72 bits per heavy atom. The number of carbonyl (C=O) groups excluding carboxylic acids is 2. The number of benzene rings is 2. The van der Waals surface area contributed by atoms with Crippen LogP contribution in [0.15, 0.2) is 54.6 Å². The highest BCUT2D eigenvalue weighted by Crippen LogP contribution is 2.16. The molecule has 3 aromatic rings. The van der Waals surface area contributed by atoms with Crippen LogP contribution in [0.1, 0.15) is 23.0 Å². The molecule has 0 saturated heterocycles. The van der Waals surface area contributed by atoms with Crippen LogP contribution in [-0.2, 0) is 9.53 Å². The lowest BCUT2D eigenvalue weighted by Gasteiger charge is -2.13. The molecule has 0 aliphatic heterocycles. The average molecular weight is 333 g/mol. The lowest BCUT2D eigenvalue weighted by Crippen LogP contribution is -2.30. The standard InChI is InChI=1S/C19H15N3O3/c1-12(18(23)21-15-7-4-5-13(9-15)11-20)25-19(24)17-10-14-6-2-3-8-16(14)22-17/h2-10,12,22H,1H3,(H,21,23)/t12-/m0/s1. The van der Waals surface area contributed by atoms with E-state index in [-0.39, 0.29) is 5.69 Å². The van der Waals surface area contributed by atoms with E-state index in [2.05, 4.69) is 10.3 Å². The zero-order valence-corrected chi connectivity index (χ0v) is 13.4. The van der Waals surface area contributed by atoms with E-state index in [0.29, 0.717) is 11.3 Å². The van der Waals surface area contributed by atoms with E-state index >= 15 is 0 Å². The number of nitrogens with one attached hydrogen (secondary N) is 2. The van der Waals surface area contributed by atoms with Crippen molar-refractivity contribution in [3.8, 4) is 6.07 Å². The van der Waals surface area contributed by atoms with Crippen molar-refractivity contribution in [1.82, 2.24) is 4.98 Å². The molecule has 3 rings (SSSR count). The fourth-order valence-corrected chi connectivity index (χ4v) is 2.37. The number of nitrogens with zero attached hydrogens (tertiary/aromatic N) is 1. The summed E-state index contributed by atoms with van der Waals surface area (Å²) in [5, 5.41) is 12.4. The van der Waals surface area contributed by atoms with Crippen LogP contribution in [-0.4, -0.2) is 23.0 Å². The van der Waals surface area contributed by atoms with Crippen molar-refractivity contribution in [1.29, 1.82) is 5.26 Å². The van der Waals surface area contributed by atoms with Gasteiger partial charge in [-0.25, -0.2) is 4.79 Å². The topological polar surface area (TPSA) is 95.0 Å². The van der Waals surface area contributed by atoms with Crippen molar-refractivity contribution >= 4 is 28.5 Å². The minimum absolute atomic E-state index is 0.285. The summed E-state index contributed by atoms with van der Waals surface area (Å²) in [5.74, 6) is -1.08. The largest absolute Gasteiger partial charge is 0.448 e. The van der Waals surface area contributed by atoms with Crippen molar-refractivity contribution in [2.45, 2.75) is 13.0 Å². The molecule has 0 radical (unpaired) electrons. The molecule has 0 aliphatic carbocycles. The van der Waals surface area contributed by atoms with Crippen molar-refractivity contribution in [3.05, 3.63) is 65.9 Å². The van der Waals surface area contributed by atoms with Gasteiger partial charge in [-0.05, 0) is 37.3 Å². The van der Waals surface area contributed by atoms with Gasteiger partial charge in [0.05, 0.1) is 11.6 Å². The second kappa shape index (κ2) is 6.89. The number of rotatable bonds is 4. The number of fused-ring (bicyclic) bond motifs is 1. The first-order valence-corrected chi connectivity index (χ1v) is 7.66. The smallest absolute Gasteiger partial charge is 0.355 e. The van der Waals surface area contributed by atoms with E-state index in [4.69, 9.17) is 10.00 Å².